The quantitative estimate of drug-likeness (QED) is 0.855. The minimum absolute atomic E-state index is 0.0650. The highest BCUT2D eigenvalue weighted by Gasteiger charge is 2.18. The SMILES string of the molecule is CN(C)CCOc1ccc(-c2nc(C(C)(C)C)cs2)cc1N. The molecule has 1 aromatic heterocycles. The average Bonchev–Trinajstić information content (AvgIpc) is 2.89. The number of ether oxygens (including phenoxy) is 1. The Morgan fingerprint density at radius 2 is 2.00 bits per heavy atom. The van der Waals surface area contributed by atoms with Crippen molar-refractivity contribution in [2.75, 3.05) is 33.0 Å². The number of nitrogen functional groups attached to an aromatic ring is 1. The van der Waals surface area contributed by atoms with Crippen molar-refractivity contribution in [3.63, 3.8) is 0 Å². The van der Waals surface area contributed by atoms with Crippen molar-refractivity contribution in [2.24, 2.45) is 0 Å². The minimum Gasteiger partial charge on any atom is -0.490 e. The van der Waals surface area contributed by atoms with E-state index in [4.69, 9.17) is 15.5 Å². The van der Waals surface area contributed by atoms with Gasteiger partial charge in [0.1, 0.15) is 17.4 Å². The molecule has 0 aliphatic carbocycles. The first-order chi connectivity index (χ1) is 10.3. The molecule has 4 nitrogen and oxygen atoms in total. The predicted octanol–water partition coefficient (Wildman–Crippen LogP) is 3.63. The molecule has 1 aromatic carbocycles. The minimum atomic E-state index is 0.0650. The first-order valence-electron chi connectivity index (χ1n) is 7.41. The third kappa shape index (κ3) is 4.21. The molecule has 0 aliphatic heterocycles. The van der Waals surface area contributed by atoms with Gasteiger partial charge in [-0.1, -0.05) is 20.8 Å². The van der Waals surface area contributed by atoms with Gasteiger partial charge in [-0.05, 0) is 32.3 Å². The summed E-state index contributed by atoms with van der Waals surface area (Å²) in [5.74, 6) is 0.734. The Hall–Kier alpha value is -1.59. The van der Waals surface area contributed by atoms with Gasteiger partial charge in [0.15, 0.2) is 0 Å². The second-order valence-corrected chi connectivity index (χ2v) is 7.55. The Balaban J connectivity index is 2.13. The number of benzene rings is 1. The van der Waals surface area contributed by atoms with Gasteiger partial charge in [0, 0.05) is 22.9 Å². The van der Waals surface area contributed by atoms with E-state index in [1.807, 2.05) is 32.3 Å². The molecule has 2 N–H and O–H groups in total. The largest absolute Gasteiger partial charge is 0.490 e. The molecule has 0 aliphatic rings. The zero-order chi connectivity index (χ0) is 16.3. The standard InChI is InChI=1S/C17H25N3OS/c1-17(2,3)15-11-22-16(19-15)12-6-7-14(13(18)10-12)21-9-8-20(4)5/h6-7,10-11H,8-9,18H2,1-5H3. The number of nitrogens with two attached hydrogens (primary N) is 1. The van der Waals surface area contributed by atoms with E-state index >= 15 is 0 Å². The second kappa shape index (κ2) is 6.67. The Morgan fingerprint density at radius 1 is 1.27 bits per heavy atom. The van der Waals surface area contributed by atoms with E-state index in [1.165, 1.54) is 0 Å². The van der Waals surface area contributed by atoms with Gasteiger partial charge in [0.25, 0.3) is 0 Å². The van der Waals surface area contributed by atoms with E-state index < -0.39 is 0 Å². The van der Waals surface area contributed by atoms with Crippen LogP contribution in [0.25, 0.3) is 10.6 Å². The molecule has 2 aromatic rings. The number of nitrogens with zero attached hydrogens (tertiary/aromatic N) is 2. The van der Waals surface area contributed by atoms with E-state index in [1.54, 1.807) is 11.3 Å². The van der Waals surface area contributed by atoms with Gasteiger partial charge >= 0.3 is 0 Å². The van der Waals surface area contributed by atoms with Gasteiger partial charge < -0.3 is 15.4 Å². The van der Waals surface area contributed by atoms with Crippen LogP contribution in [0.4, 0.5) is 5.69 Å². The van der Waals surface area contributed by atoms with Crippen LogP contribution in [0.5, 0.6) is 5.75 Å². The van der Waals surface area contributed by atoms with Crippen molar-refractivity contribution in [1.82, 2.24) is 9.88 Å². The van der Waals surface area contributed by atoms with E-state index in [-0.39, 0.29) is 5.41 Å². The lowest BCUT2D eigenvalue weighted by Crippen LogP contribution is -2.19. The fourth-order valence-electron chi connectivity index (χ4n) is 1.90. The molecule has 22 heavy (non-hydrogen) atoms. The maximum absolute atomic E-state index is 6.11. The van der Waals surface area contributed by atoms with E-state index in [0.29, 0.717) is 12.3 Å². The van der Waals surface area contributed by atoms with E-state index in [2.05, 4.69) is 31.1 Å². The maximum Gasteiger partial charge on any atom is 0.142 e. The van der Waals surface area contributed by atoms with Gasteiger partial charge in [-0.3, -0.25) is 0 Å². The summed E-state index contributed by atoms with van der Waals surface area (Å²) in [6.07, 6.45) is 0. The fraction of sp³-hybridized carbons (Fsp3) is 0.471. The van der Waals surface area contributed by atoms with Crippen LogP contribution < -0.4 is 10.5 Å². The van der Waals surface area contributed by atoms with Gasteiger partial charge in [-0.15, -0.1) is 11.3 Å². The molecule has 0 fully saturated rings. The number of thiazole rings is 1. The van der Waals surface area contributed by atoms with Crippen LogP contribution in [0.3, 0.4) is 0 Å². The van der Waals surface area contributed by atoms with Gasteiger partial charge in [0.05, 0.1) is 11.4 Å². The zero-order valence-electron chi connectivity index (χ0n) is 14.0. The summed E-state index contributed by atoms with van der Waals surface area (Å²) >= 11 is 1.65. The van der Waals surface area contributed by atoms with Crippen LogP contribution >= 0.6 is 11.3 Å². The van der Waals surface area contributed by atoms with Gasteiger partial charge in [-0.2, -0.15) is 0 Å². The van der Waals surface area contributed by atoms with Crippen LogP contribution in [0.2, 0.25) is 0 Å². The Morgan fingerprint density at radius 3 is 2.55 bits per heavy atom. The normalized spacial score (nSPS) is 11.9. The summed E-state index contributed by atoms with van der Waals surface area (Å²) in [6.45, 7) is 8.00. The lowest BCUT2D eigenvalue weighted by Gasteiger charge is -2.14. The summed E-state index contributed by atoms with van der Waals surface area (Å²) < 4.78 is 5.71. The molecule has 0 radical (unpaired) electrons. The summed E-state index contributed by atoms with van der Waals surface area (Å²) in [6, 6.07) is 5.89. The second-order valence-electron chi connectivity index (χ2n) is 6.69. The summed E-state index contributed by atoms with van der Waals surface area (Å²) in [5, 5.41) is 3.11. The smallest absolute Gasteiger partial charge is 0.142 e. The highest BCUT2D eigenvalue weighted by molar-refractivity contribution is 7.13. The van der Waals surface area contributed by atoms with E-state index in [9.17, 15) is 0 Å². The number of hydrogen-bond donors (Lipinski definition) is 1. The zero-order valence-corrected chi connectivity index (χ0v) is 14.8. The molecule has 0 saturated carbocycles. The molecule has 0 bridgehead atoms. The molecule has 0 atom stereocenters. The fourth-order valence-corrected chi connectivity index (χ4v) is 2.95. The van der Waals surface area contributed by atoms with Gasteiger partial charge in [-0.25, -0.2) is 4.98 Å². The van der Waals surface area contributed by atoms with Crippen LogP contribution in [0, 0.1) is 0 Å². The lowest BCUT2D eigenvalue weighted by atomic mass is 9.93. The third-order valence-electron chi connectivity index (χ3n) is 3.33. The van der Waals surface area contributed by atoms with Crippen molar-refractivity contribution in [3.05, 3.63) is 29.3 Å². The number of aromatic nitrogens is 1. The Labute approximate surface area is 136 Å². The molecule has 5 heteroatoms. The maximum atomic E-state index is 6.11. The average molecular weight is 319 g/mol. The topological polar surface area (TPSA) is 51.4 Å². The molecule has 2 rings (SSSR count). The highest BCUT2D eigenvalue weighted by Crippen LogP contribution is 2.33. The predicted molar refractivity (Wildman–Crippen MR) is 94.7 cm³/mol. The molecule has 120 valence electrons. The van der Waals surface area contributed by atoms with Crippen LogP contribution in [0.15, 0.2) is 23.6 Å². The molecular weight excluding hydrogens is 294 g/mol. The number of likely N-dealkylation sites (N-methyl/N-ethyl adjacent to an activating group) is 1. The van der Waals surface area contributed by atoms with Crippen molar-refractivity contribution < 1.29 is 4.74 Å². The monoisotopic (exact) mass is 319 g/mol. The van der Waals surface area contributed by atoms with Crippen molar-refractivity contribution in [2.45, 2.75) is 26.2 Å². The van der Waals surface area contributed by atoms with Crippen LogP contribution in [-0.4, -0.2) is 37.1 Å². The third-order valence-corrected chi connectivity index (χ3v) is 4.22. The van der Waals surface area contributed by atoms with Crippen LogP contribution in [-0.2, 0) is 5.41 Å². The molecular formula is C17H25N3OS. The summed E-state index contributed by atoms with van der Waals surface area (Å²) in [4.78, 5) is 6.80. The number of anilines is 1. The first kappa shape index (κ1) is 16.8. The molecule has 0 spiro atoms. The first-order valence-corrected chi connectivity index (χ1v) is 8.29. The van der Waals surface area contributed by atoms with Crippen molar-refractivity contribution in [3.8, 4) is 16.3 Å². The Kier molecular flexibility index (Phi) is 5.08. The molecule has 0 saturated heterocycles. The molecule has 0 unspecified atom stereocenters. The summed E-state index contributed by atoms with van der Waals surface area (Å²) in [5.41, 5.74) is 8.98. The van der Waals surface area contributed by atoms with Gasteiger partial charge in [0.2, 0.25) is 0 Å². The van der Waals surface area contributed by atoms with E-state index in [0.717, 1.165) is 28.6 Å². The number of hydrogen-bond acceptors (Lipinski definition) is 5. The van der Waals surface area contributed by atoms with Crippen LogP contribution in [0.1, 0.15) is 26.5 Å². The lowest BCUT2D eigenvalue weighted by molar-refractivity contribution is 0.262. The number of rotatable bonds is 5. The Bertz CT molecular complexity index is 629. The molecule has 1 heterocycles. The highest BCUT2D eigenvalue weighted by atomic mass is 32.1. The van der Waals surface area contributed by atoms with Crippen molar-refractivity contribution in [1.29, 1.82) is 0 Å². The van der Waals surface area contributed by atoms with Crippen molar-refractivity contribution >= 4 is 17.0 Å². The molecule has 0 amide bonds. The summed E-state index contributed by atoms with van der Waals surface area (Å²) in [7, 11) is 4.04.